The van der Waals surface area contributed by atoms with Gasteiger partial charge in [-0.2, -0.15) is 0 Å². The number of aryl methyl sites for hydroxylation is 1. The molecule has 5 aromatic carbocycles. The molecule has 9 rings (SSSR count). The summed E-state index contributed by atoms with van der Waals surface area (Å²) in [7, 11) is 0. The number of imidazole rings is 2. The predicted octanol–water partition coefficient (Wildman–Crippen LogP) is 8.45. The Morgan fingerprint density at radius 1 is 0.558 bits per heavy atom. The van der Waals surface area contributed by atoms with Crippen LogP contribution < -0.4 is 0 Å². The molecule has 0 amide bonds. The fourth-order valence-corrected chi connectivity index (χ4v) is 6.86. The van der Waals surface area contributed by atoms with Crippen molar-refractivity contribution in [3.63, 3.8) is 0 Å². The molecule has 0 fully saturated rings. The lowest BCUT2D eigenvalue weighted by atomic mass is 10.1. The van der Waals surface area contributed by atoms with Gasteiger partial charge < -0.3 is 4.57 Å². The predicted molar refractivity (Wildman–Crippen MR) is 175 cm³/mol. The molecule has 0 aliphatic heterocycles. The third kappa shape index (κ3) is 3.47. The van der Waals surface area contributed by atoms with Crippen molar-refractivity contribution in [1.29, 1.82) is 0 Å². The molecule has 0 unspecified atom stereocenters. The van der Waals surface area contributed by atoms with Crippen molar-refractivity contribution in [3.8, 4) is 22.8 Å². The van der Waals surface area contributed by atoms with E-state index >= 15 is 0 Å². The molecule has 9 aromatic rings. The topological polar surface area (TPSA) is 65.8 Å². The Labute approximate surface area is 253 Å². The molecule has 0 radical (unpaired) electrons. The van der Waals surface area contributed by atoms with Gasteiger partial charge in [0.1, 0.15) is 5.82 Å². The number of rotatable bonds is 3. The fraction of sp³-hybridized carbons (Fsp3) is 0.0286. The van der Waals surface area contributed by atoms with Crippen LogP contribution in [-0.2, 0) is 0 Å². The van der Waals surface area contributed by atoms with Crippen LogP contribution in [0.25, 0.3) is 72.4 Å². The average Bonchev–Trinajstić information content (AvgIpc) is 3.67. The van der Waals surface area contributed by atoms with E-state index in [9.17, 15) is 0 Å². The third-order valence-electron chi connectivity index (χ3n) is 8.09. The summed E-state index contributed by atoms with van der Waals surface area (Å²) in [5, 5.41) is 2.26. The van der Waals surface area contributed by atoms with Crippen LogP contribution in [0.4, 0.5) is 0 Å². The largest absolute Gasteiger partial charge is 0.308 e. The average molecular weight is 621 g/mol. The van der Waals surface area contributed by atoms with E-state index in [1.165, 1.54) is 0 Å². The van der Waals surface area contributed by atoms with E-state index in [1.807, 2.05) is 25.1 Å². The minimum absolute atomic E-state index is 0.496. The zero-order valence-corrected chi connectivity index (χ0v) is 24.6. The summed E-state index contributed by atoms with van der Waals surface area (Å²) in [5.74, 6) is 2.06. The van der Waals surface area contributed by atoms with Gasteiger partial charge in [-0.15, -0.1) is 0 Å². The number of hydrogen-bond acceptors (Lipinski definition) is 4. The van der Waals surface area contributed by atoms with Crippen molar-refractivity contribution in [1.82, 2.24) is 33.5 Å². The lowest BCUT2D eigenvalue weighted by molar-refractivity contribution is 0.953. The Hall–Kier alpha value is -5.34. The Morgan fingerprint density at radius 2 is 1.21 bits per heavy atom. The van der Waals surface area contributed by atoms with Crippen LogP contribution in [0.5, 0.6) is 0 Å². The van der Waals surface area contributed by atoms with Gasteiger partial charge in [-0.05, 0) is 71.4 Å². The molecule has 0 N–H and O–H groups in total. The molecule has 0 atom stereocenters. The standard InChI is InChI=1S/C35H22BrN7/c1-21-37-33(40-34(36)38-21)30-31-25(24-16-8-10-18-27(24)41(31)22-12-4-2-5-13-22)20-29-32(30)42(23-14-6-3-7-15-23)35-39-26-17-9-11-19-28(26)43(29)35/h2-20H,1H3. The van der Waals surface area contributed by atoms with E-state index in [1.54, 1.807) is 0 Å². The maximum absolute atomic E-state index is 5.17. The molecule has 0 saturated carbocycles. The Morgan fingerprint density at radius 3 is 1.95 bits per heavy atom. The van der Waals surface area contributed by atoms with Crippen LogP contribution in [0, 0.1) is 6.92 Å². The van der Waals surface area contributed by atoms with Gasteiger partial charge in [-0.25, -0.2) is 19.9 Å². The number of hydrogen-bond donors (Lipinski definition) is 0. The van der Waals surface area contributed by atoms with Gasteiger partial charge in [0.2, 0.25) is 5.78 Å². The summed E-state index contributed by atoms with van der Waals surface area (Å²) in [5.41, 5.74) is 9.11. The summed E-state index contributed by atoms with van der Waals surface area (Å²) >= 11 is 3.57. The minimum Gasteiger partial charge on any atom is -0.308 e. The highest BCUT2D eigenvalue weighted by atomic mass is 79.9. The first-order chi connectivity index (χ1) is 21.2. The maximum atomic E-state index is 5.17. The number of nitrogens with zero attached hydrogens (tertiary/aromatic N) is 7. The van der Waals surface area contributed by atoms with Crippen LogP contribution in [0.15, 0.2) is 120 Å². The van der Waals surface area contributed by atoms with Gasteiger partial charge in [0.15, 0.2) is 10.6 Å². The van der Waals surface area contributed by atoms with Gasteiger partial charge in [0.25, 0.3) is 0 Å². The SMILES string of the molecule is Cc1nc(Br)nc(-c2c3c(cc4c2n(-c2ccccc2)c2nc5ccccc5n42)c2ccccc2n3-c2ccccc2)n1. The second-order valence-electron chi connectivity index (χ2n) is 10.6. The van der Waals surface area contributed by atoms with E-state index in [0.29, 0.717) is 16.4 Å². The molecular weight excluding hydrogens is 598 g/mol. The molecular formula is C35H22BrN7. The highest BCUT2D eigenvalue weighted by Gasteiger charge is 2.27. The van der Waals surface area contributed by atoms with E-state index in [-0.39, 0.29) is 0 Å². The quantitative estimate of drug-likeness (QED) is 0.199. The van der Waals surface area contributed by atoms with Crippen molar-refractivity contribution in [2.45, 2.75) is 6.92 Å². The van der Waals surface area contributed by atoms with Crippen LogP contribution in [0.2, 0.25) is 0 Å². The van der Waals surface area contributed by atoms with Crippen LogP contribution in [0.1, 0.15) is 5.82 Å². The zero-order chi connectivity index (χ0) is 28.7. The highest BCUT2D eigenvalue weighted by molar-refractivity contribution is 9.10. The van der Waals surface area contributed by atoms with Crippen LogP contribution in [0.3, 0.4) is 0 Å². The number of halogens is 1. The molecule has 0 spiro atoms. The molecule has 4 aromatic heterocycles. The summed E-state index contributed by atoms with van der Waals surface area (Å²) in [6.07, 6.45) is 0. The summed E-state index contributed by atoms with van der Waals surface area (Å²) in [6.45, 7) is 1.90. The van der Waals surface area contributed by atoms with Gasteiger partial charge in [-0.3, -0.25) is 8.97 Å². The summed E-state index contributed by atoms with van der Waals surface area (Å²) < 4.78 is 7.33. The Kier molecular flexibility index (Phi) is 5.13. The minimum atomic E-state index is 0.496. The number of benzene rings is 5. The van der Waals surface area contributed by atoms with Crippen LogP contribution >= 0.6 is 15.9 Å². The first-order valence-corrected chi connectivity index (χ1v) is 14.8. The number of fused-ring (bicyclic) bond motifs is 8. The molecule has 0 aliphatic carbocycles. The maximum Gasteiger partial charge on any atom is 0.220 e. The van der Waals surface area contributed by atoms with Gasteiger partial charge >= 0.3 is 0 Å². The molecule has 0 bridgehead atoms. The van der Waals surface area contributed by atoms with Crippen molar-refractivity contribution >= 4 is 65.6 Å². The second-order valence-corrected chi connectivity index (χ2v) is 11.3. The Bertz CT molecular complexity index is 2510. The van der Waals surface area contributed by atoms with Crippen molar-refractivity contribution in [2.75, 3.05) is 0 Å². The lowest BCUT2D eigenvalue weighted by Crippen LogP contribution is -2.03. The molecule has 7 nitrogen and oxygen atoms in total. The Balaban J connectivity index is 1.63. The van der Waals surface area contributed by atoms with E-state index in [2.05, 4.69) is 132 Å². The first kappa shape index (κ1) is 24.3. The van der Waals surface area contributed by atoms with E-state index in [0.717, 1.165) is 66.6 Å². The number of aromatic nitrogens is 7. The van der Waals surface area contributed by atoms with E-state index in [4.69, 9.17) is 15.0 Å². The molecule has 0 saturated heterocycles. The highest BCUT2D eigenvalue weighted by Crippen LogP contribution is 2.44. The summed E-state index contributed by atoms with van der Waals surface area (Å²) in [4.78, 5) is 19.5. The summed E-state index contributed by atoms with van der Waals surface area (Å²) in [6, 6.07) is 40.0. The molecule has 0 aliphatic rings. The lowest BCUT2D eigenvalue weighted by Gasteiger charge is -2.14. The normalized spacial score (nSPS) is 12.0. The third-order valence-corrected chi connectivity index (χ3v) is 8.45. The fourth-order valence-electron chi connectivity index (χ4n) is 6.44. The number of para-hydroxylation sites is 5. The van der Waals surface area contributed by atoms with E-state index < -0.39 is 0 Å². The van der Waals surface area contributed by atoms with Gasteiger partial charge in [0, 0.05) is 22.1 Å². The van der Waals surface area contributed by atoms with Crippen LogP contribution in [-0.4, -0.2) is 33.5 Å². The van der Waals surface area contributed by atoms with Crippen molar-refractivity contribution in [3.05, 3.63) is 126 Å². The molecule has 4 heterocycles. The van der Waals surface area contributed by atoms with Gasteiger partial charge in [0.05, 0.1) is 38.7 Å². The smallest absolute Gasteiger partial charge is 0.220 e. The first-order valence-electron chi connectivity index (χ1n) is 14.0. The molecule has 204 valence electrons. The van der Waals surface area contributed by atoms with Gasteiger partial charge in [-0.1, -0.05) is 66.7 Å². The monoisotopic (exact) mass is 619 g/mol. The van der Waals surface area contributed by atoms with Crippen molar-refractivity contribution in [2.24, 2.45) is 0 Å². The molecule has 8 heteroatoms. The van der Waals surface area contributed by atoms with Crippen molar-refractivity contribution < 1.29 is 0 Å². The second kappa shape index (κ2) is 9.08. The molecule has 43 heavy (non-hydrogen) atoms. The zero-order valence-electron chi connectivity index (χ0n) is 23.0.